The van der Waals surface area contributed by atoms with Crippen LogP contribution in [0, 0.1) is 5.82 Å². The Morgan fingerprint density at radius 3 is 2.55 bits per heavy atom. The summed E-state index contributed by atoms with van der Waals surface area (Å²) in [6.07, 6.45) is 0.954. The van der Waals surface area contributed by atoms with Crippen LogP contribution in [-0.4, -0.2) is 24.0 Å². The molecule has 0 spiro atoms. The quantitative estimate of drug-likeness (QED) is 0.932. The maximum Gasteiger partial charge on any atom is 0.127 e. The molecule has 0 bridgehead atoms. The summed E-state index contributed by atoms with van der Waals surface area (Å²) in [7, 11) is 0. The lowest BCUT2D eigenvalue weighted by molar-refractivity contribution is 0.179. The van der Waals surface area contributed by atoms with E-state index in [0.717, 1.165) is 30.1 Å². The molecule has 1 heterocycles. The molecule has 116 valence electrons. The monoisotopic (exact) mass is 318 g/mol. The predicted molar refractivity (Wildman–Crippen MR) is 88.5 cm³/mol. The van der Waals surface area contributed by atoms with Crippen LogP contribution in [0.3, 0.4) is 0 Å². The van der Waals surface area contributed by atoms with Gasteiger partial charge in [0.25, 0.3) is 0 Å². The molecule has 1 fully saturated rings. The van der Waals surface area contributed by atoms with E-state index >= 15 is 0 Å². The Labute approximate surface area is 135 Å². The molecule has 0 amide bonds. The van der Waals surface area contributed by atoms with Gasteiger partial charge in [0, 0.05) is 36.3 Å². The Kier molecular flexibility index (Phi) is 4.77. The standard InChI is InChI=1S/C18H20ClFN2/c19-16-7-5-13(6-8-16)15-9-17(21)12-22(11-15)10-14-3-1-2-4-18(14)20/h1-8,15,17H,9-12,21H2. The van der Waals surface area contributed by atoms with E-state index < -0.39 is 0 Å². The van der Waals surface area contributed by atoms with E-state index in [2.05, 4.69) is 17.0 Å². The molecule has 2 nitrogen and oxygen atoms in total. The number of nitrogens with zero attached hydrogens (tertiary/aromatic N) is 1. The van der Waals surface area contributed by atoms with Gasteiger partial charge in [0.05, 0.1) is 0 Å². The fourth-order valence-electron chi connectivity index (χ4n) is 3.21. The van der Waals surface area contributed by atoms with Crippen LogP contribution in [0.4, 0.5) is 4.39 Å². The number of likely N-dealkylation sites (tertiary alicyclic amines) is 1. The zero-order chi connectivity index (χ0) is 15.5. The van der Waals surface area contributed by atoms with Crippen molar-refractivity contribution < 1.29 is 4.39 Å². The van der Waals surface area contributed by atoms with Crippen molar-refractivity contribution >= 4 is 11.6 Å². The number of halogens is 2. The topological polar surface area (TPSA) is 29.3 Å². The van der Waals surface area contributed by atoms with Crippen molar-refractivity contribution in [3.63, 3.8) is 0 Å². The summed E-state index contributed by atoms with van der Waals surface area (Å²) >= 11 is 5.96. The molecule has 1 aliphatic heterocycles. The van der Waals surface area contributed by atoms with E-state index in [4.69, 9.17) is 17.3 Å². The minimum absolute atomic E-state index is 0.112. The number of piperidine rings is 1. The van der Waals surface area contributed by atoms with E-state index in [1.807, 2.05) is 24.3 Å². The molecular formula is C18H20ClFN2. The van der Waals surface area contributed by atoms with Crippen LogP contribution in [-0.2, 0) is 6.54 Å². The fourth-order valence-corrected chi connectivity index (χ4v) is 3.33. The second kappa shape index (κ2) is 6.78. The van der Waals surface area contributed by atoms with Crippen molar-refractivity contribution in [2.45, 2.75) is 24.9 Å². The third-order valence-corrected chi connectivity index (χ3v) is 4.50. The Morgan fingerprint density at radius 1 is 1.09 bits per heavy atom. The van der Waals surface area contributed by atoms with Gasteiger partial charge in [-0.25, -0.2) is 4.39 Å². The van der Waals surface area contributed by atoms with Gasteiger partial charge in [0.1, 0.15) is 5.82 Å². The summed E-state index contributed by atoms with van der Waals surface area (Å²) in [6.45, 7) is 2.30. The first-order chi connectivity index (χ1) is 10.6. The van der Waals surface area contributed by atoms with Crippen molar-refractivity contribution in [2.24, 2.45) is 5.73 Å². The number of nitrogens with two attached hydrogens (primary N) is 1. The first-order valence-corrected chi connectivity index (χ1v) is 7.96. The summed E-state index contributed by atoms with van der Waals surface area (Å²) in [5.41, 5.74) is 8.19. The Hall–Kier alpha value is -1.42. The van der Waals surface area contributed by atoms with Gasteiger partial charge in [0.15, 0.2) is 0 Å². The highest BCUT2D eigenvalue weighted by atomic mass is 35.5. The molecular weight excluding hydrogens is 299 g/mol. The molecule has 22 heavy (non-hydrogen) atoms. The predicted octanol–water partition coefficient (Wildman–Crippen LogP) is 3.80. The second-order valence-electron chi connectivity index (χ2n) is 6.03. The summed E-state index contributed by atoms with van der Waals surface area (Å²) in [6, 6.07) is 15.0. The summed E-state index contributed by atoms with van der Waals surface area (Å²) in [4.78, 5) is 2.24. The van der Waals surface area contributed by atoms with Gasteiger partial charge < -0.3 is 5.73 Å². The molecule has 4 heteroatoms. The third-order valence-electron chi connectivity index (χ3n) is 4.25. The first-order valence-electron chi connectivity index (χ1n) is 7.58. The lowest BCUT2D eigenvalue weighted by Gasteiger charge is -2.36. The Balaban J connectivity index is 1.73. The van der Waals surface area contributed by atoms with Crippen LogP contribution < -0.4 is 5.73 Å². The van der Waals surface area contributed by atoms with Crippen LogP contribution in [0.25, 0.3) is 0 Å². The molecule has 1 saturated heterocycles. The SMILES string of the molecule is NC1CC(c2ccc(Cl)cc2)CN(Cc2ccccc2F)C1. The highest BCUT2D eigenvalue weighted by Gasteiger charge is 2.26. The molecule has 0 aliphatic carbocycles. The number of hydrogen-bond donors (Lipinski definition) is 1. The fraction of sp³-hybridized carbons (Fsp3) is 0.333. The maximum atomic E-state index is 13.8. The molecule has 0 aromatic heterocycles. The van der Waals surface area contributed by atoms with E-state index in [1.165, 1.54) is 11.6 Å². The zero-order valence-corrected chi connectivity index (χ0v) is 13.1. The largest absolute Gasteiger partial charge is 0.327 e. The third kappa shape index (κ3) is 3.67. The summed E-state index contributed by atoms with van der Waals surface area (Å²) < 4.78 is 13.8. The van der Waals surface area contributed by atoms with Crippen molar-refractivity contribution in [1.82, 2.24) is 4.90 Å². The lowest BCUT2D eigenvalue weighted by Crippen LogP contribution is -2.45. The van der Waals surface area contributed by atoms with Gasteiger partial charge in [-0.1, -0.05) is 41.9 Å². The minimum Gasteiger partial charge on any atom is -0.327 e. The van der Waals surface area contributed by atoms with Crippen molar-refractivity contribution in [3.05, 3.63) is 70.5 Å². The zero-order valence-electron chi connectivity index (χ0n) is 12.4. The molecule has 0 radical (unpaired) electrons. The summed E-state index contributed by atoms with van der Waals surface area (Å²) in [5.74, 6) is 0.220. The minimum atomic E-state index is -0.148. The van der Waals surface area contributed by atoms with Gasteiger partial charge in [-0.05, 0) is 36.1 Å². The average molecular weight is 319 g/mol. The average Bonchev–Trinajstić information content (AvgIpc) is 2.50. The normalized spacial score (nSPS) is 22.7. The smallest absolute Gasteiger partial charge is 0.127 e. The number of hydrogen-bond acceptors (Lipinski definition) is 2. The summed E-state index contributed by atoms with van der Waals surface area (Å²) in [5, 5.41) is 0.743. The van der Waals surface area contributed by atoms with E-state index in [-0.39, 0.29) is 11.9 Å². The maximum absolute atomic E-state index is 13.8. The molecule has 2 aromatic carbocycles. The van der Waals surface area contributed by atoms with Gasteiger partial charge in [0.2, 0.25) is 0 Å². The van der Waals surface area contributed by atoms with Gasteiger partial charge in [-0.3, -0.25) is 4.90 Å². The van der Waals surface area contributed by atoms with Crippen molar-refractivity contribution in [1.29, 1.82) is 0 Å². The Bertz CT molecular complexity index is 629. The van der Waals surface area contributed by atoms with E-state index in [1.54, 1.807) is 6.07 Å². The van der Waals surface area contributed by atoms with Crippen LogP contribution in [0.2, 0.25) is 5.02 Å². The highest BCUT2D eigenvalue weighted by molar-refractivity contribution is 6.30. The van der Waals surface area contributed by atoms with Crippen LogP contribution in [0.15, 0.2) is 48.5 Å². The van der Waals surface area contributed by atoms with Crippen molar-refractivity contribution in [2.75, 3.05) is 13.1 Å². The van der Waals surface area contributed by atoms with Crippen LogP contribution in [0.1, 0.15) is 23.5 Å². The first kappa shape index (κ1) is 15.5. The molecule has 1 aliphatic rings. The lowest BCUT2D eigenvalue weighted by atomic mass is 9.88. The van der Waals surface area contributed by atoms with Gasteiger partial charge in [-0.15, -0.1) is 0 Å². The molecule has 2 N–H and O–H groups in total. The van der Waals surface area contributed by atoms with E-state index in [0.29, 0.717) is 12.5 Å². The van der Waals surface area contributed by atoms with Crippen LogP contribution >= 0.6 is 11.6 Å². The number of rotatable bonds is 3. The number of benzene rings is 2. The van der Waals surface area contributed by atoms with Gasteiger partial charge in [-0.2, -0.15) is 0 Å². The molecule has 2 unspecified atom stereocenters. The Morgan fingerprint density at radius 2 is 1.82 bits per heavy atom. The molecule has 2 atom stereocenters. The van der Waals surface area contributed by atoms with Crippen LogP contribution in [0.5, 0.6) is 0 Å². The molecule has 3 rings (SSSR count). The molecule has 2 aromatic rings. The molecule has 0 saturated carbocycles. The van der Waals surface area contributed by atoms with Crippen molar-refractivity contribution in [3.8, 4) is 0 Å². The second-order valence-corrected chi connectivity index (χ2v) is 6.47. The van der Waals surface area contributed by atoms with Gasteiger partial charge >= 0.3 is 0 Å². The van der Waals surface area contributed by atoms with E-state index in [9.17, 15) is 4.39 Å². The highest BCUT2D eigenvalue weighted by Crippen LogP contribution is 2.28.